The van der Waals surface area contributed by atoms with Gasteiger partial charge < -0.3 is 4.57 Å². The van der Waals surface area contributed by atoms with E-state index >= 15 is 0 Å². The summed E-state index contributed by atoms with van der Waals surface area (Å²) in [6.45, 7) is 0. The Kier molecular flexibility index (Phi) is 7.78. The lowest BCUT2D eigenvalue weighted by Gasteiger charge is -2.19. The van der Waals surface area contributed by atoms with E-state index in [1.54, 1.807) is 0 Å². The van der Waals surface area contributed by atoms with Crippen molar-refractivity contribution in [2.75, 3.05) is 0 Å². The van der Waals surface area contributed by atoms with Crippen LogP contribution in [0.4, 0.5) is 0 Å². The summed E-state index contributed by atoms with van der Waals surface area (Å²) in [5.41, 5.74) is 11.1. The molecule has 0 radical (unpaired) electrons. The second kappa shape index (κ2) is 13.6. The van der Waals surface area contributed by atoms with Crippen LogP contribution in [0.25, 0.3) is 105 Å². The van der Waals surface area contributed by atoms with Crippen LogP contribution in [0, 0.1) is 0 Å². The maximum Gasteiger partial charge on any atom is 0.164 e. The summed E-state index contributed by atoms with van der Waals surface area (Å²) in [5.74, 6) is 1.94. The Morgan fingerprint density at radius 3 is 1.00 bits per heavy atom. The molecule has 9 aromatic carbocycles. The molecule has 0 aliphatic heterocycles. The van der Waals surface area contributed by atoms with E-state index in [0.29, 0.717) is 17.5 Å². The molecule has 0 unspecified atom stereocenters. The van der Waals surface area contributed by atoms with Crippen LogP contribution in [0.1, 0.15) is 0 Å². The van der Waals surface area contributed by atoms with Gasteiger partial charge in [-0.25, -0.2) is 15.0 Å². The molecule has 0 N–H and O–H groups in total. The average Bonchev–Trinajstić information content (AvgIpc) is 3.63. The highest BCUT2D eigenvalue weighted by Gasteiger charge is 2.19. The van der Waals surface area contributed by atoms with Crippen molar-refractivity contribution >= 4 is 43.4 Å². The quantitative estimate of drug-likeness (QED) is 0.160. The normalized spacial score (nSPS) is 11.5. The Bertz CT molecular complexity index is 3150. The second-order valence-electron chi connectivity index (χ2n) is 14.4. The zero-order chi connectivity index (χ0) is 37.7. The minimum Gasteiger partial charge on any atom is -0.309 e. The maximum atomic E-state index is 5.00. The van der Waals surface area contributed by atoms with Gasteiger partial charge in [0.15, 0.2) is 17.5 Å². The van der Waals surface area contributed by atoms with Gasteiger partial charge in [0, 0.05) is 33.2 Å². The largest absolute Gasteiger partial charge is 0.309 e. The van der Waals surface area contributed by atoms with E-state index < -0.39 is 0 Å². The fraction of sp³-hybridized carbons (Fsp3) is 0. The summed E-state index contributed by atoms with van der Waals surface area (Å²) in [5, 5.41) is 7.42. The van der Waals surface area contributed by atoms with Crippen LogP contribution in [0.3, 0.4) is 0 Å². The number of hydrogen-bond donors (Lipinski definition) is 0. The lowest BCUT2D eigenvalue weighted by molar-refractivity contribution is 1.07. The summed E-state index contributed by atoms with van der Waals surface area (Å²) in [6, 6.07) is 73.0. The molecule has 0 atom stereocenters. The molecule has 2 heterocycles. The van der Waals surface area contributed by atoms with Crippen LogP contribution < -0.4 is 0 Å². The fourth-order valence-electron chi connectivity index (χ4n) is 8.44. The summed E-state index contributed by atoms with van der Waals surface area (Å²) >= 11 is 0. The van der Waals surface area contributed by atoms with E-state index in [2.05, 4.69) is 150 Å². The van der Waals surface area contributed by atoms with Crippen molar-refractivity contribution in [1.82, 2.24) is 19.5 Å². The first-order valence-electron chi connectivity index (χ1n) is 19.3. The monoisotopic (exact) mass is 726 g/mol. The smallest absolute Gasteiger partial charge is 0.164 e. The molecule has 0 aliphatic carbocycles. The highest BCUT2D eigenvalue weighted by atomic mass is 15.0. The number of hydrogen-bond acceptors (Lipinski definition) is 3. The molecule has 0 saturated carbocycles. The molecule has 57 heavy (non-hydrogen) atoms. The highest BCUT2D eigenvalue weighted by molar-refractivity contribution is 6.21. The summed E-state index contributed by atoms with van der Waals surface area (Å²) in [7, 11) is 0. The number of nitrogens with zero attached hydrogens (tertiary/aromatic N) is 4. The average molecular weight is 727 g/mol. The summed E-state index contributed by atoms with van der Waals surface area (Å²) in [6.07, 6.45) is 0. The molecule has 4 heteroatoms. The Morgan fingerprint density at radius 1 is 0.246 bits per heavy atom. The molecule has 2 aromatic heterocycles. The second-order valence-corrected chi connectivity index (χ2v) is 14.4. The zero-order valence-corrected chi connectivity index (χ0v) is 30.9. The van der Waals surface area contributed by atoms with Crippen molar-refractivity contribution in [3.05, 3.63) is 206 Å². The van der Waals surface area contributed by atoms with Gasteiger partial charge in [0.2, 0.25) is 0 Å². The van der Waals surface area contributed by atoms with Gasteiger partial charge in [0.1, 0.15) is 0 Å². The molecule has 11 rings (SSSR count). The SMILES string of the molecule is c1ccc(-c2nc(-c3ccccc3)nc(-c3ccc(-c4c(-c5ccc(-n6c7ccccc7c7ccccc76)cc5)c5ccccc5c5ccccc45)cc3)n2)cc1. The number of fused-ring (bicyclic) bond motifs is 6. The molecule has 0 aliphatic rings. The third-order valence-electron chi connectivity index (χ3n) is 11.1. The topological polar surface area (TPSA) is 43.6 Å². The van der Waals surface area contributed by atoms with Crippen LogP contribution >= 0.6 is 0 Å². The molecule has 0 saturated heterocycles. The number of aromatic nitrogens is 4. The van der Waals surface area contributed by atoms with Gasteiger partial charge in [0.25, 0.3) is 0 Å². The van der Waals surface area contributed by atoms with E-state index in [9.17, 15) is 0 Å². The Morgan fingerprint density at radius 2 is 0.561 bits per heavy atom. The molecule has 4 nitrogen and oxygen atoms in total. The van der Waals surface area contributed by atoms with E-state index in [-0.39, 0.29) is 0 Å². The predicted molar refractivity (Wildman–Crippen MR) is 236 cm³/mol. The standard InChI is InChI=1S/C53H34N4/c1-3-15-37(16-4-1)51-54-52(38-17-5-2-6-18-38)56-53(55-51)39-29-27-35(28-30-39)49-45-23-9-7-19-41(45)42-20-8-10-24-46(42)50(49)36-31-33-40(34-32-36)57-47-25-13-11-21-43(47)44-22-12-14-26-48(44)57/h1-34H. The molecule has 0 amide bonds. The Balaban J connectivity index is 1.08. The number of rotatable bonds is 6. The number of para-hydroxylation sites is 2. The van der Waals surface area contributed by atoms with Crippen LogP contribution in [0.5, 0.6) is 0 Å². The van der Waals surface area contributed by atoms with Gasteiger partial charge in [-0.1, -0.05) is 182 Å². The van der Waals surface area contributed by atoms with Crippen LogP contribution in [0.15, 0.2) is 206 Å². The van der Waals surface area contributed by atoms with Gasteiger partial charge in [-0.15, -0.1) is 0 Å². The third kappa shape index (κ3) is 5.58. The third-order valence-corrected chi connectivity index (χ3v) is 11.1. The molecule has 0 fully saturated rings. The molecule has 0 bridgehead atoms. The first kappa shape index (κ1) is 32.7. The van der Waals surface area contributed by atoms with E-state index in [0.717, 1.165) is 33.5 Å². The van der Waals surface area contributed by atoms with Gasteiger partial charge >= 0.3 is 0 Å². The first-order valence-corrected chi connectivity index (χ1v) is 19.3. The zero-order valence-electron chi connectivity index (χ0n) is 30.9. The predicted octanol–water partition coefficient (Wildman–Crippen LogP) is 13.6. The lowest BCUT2D eigenvalue weighted by atomic mass is 9.85. The van der Waals surface area contributed by atoms with E-state index in [4.69, 9.17) is 15.0 Å². The molecular weight excluding hydrogens is 693 g/mol. The van der Waals surface area contributed by atoms with E-state index in [1.807, 2.05) is 60.7 Å². The van der Waals surface area contributed by atoms with Gasteiger partial charge in [-0.2, -0.15) is 0 Å². The fourth-order valence-corrected chi connectivity index (χ4v) is 8.44. The van der Waals surface area contributed by atoms with Crippen molar-refractivity contribution in [2.24, 2.45) is 0 Å². The van der Waals surface area contributed by atoms with E-state index in [1.165, 1.54) is 54.5 Å². The minimum atomic E-state index is 0.637. The van der Waals surface area contributed by atoms with Crippen LogP contribution in [-0.4, -0.2) is 19.5 Å². The minimum absolute atomic E-state index is 0.637. The molecule has 0 spiro atoms. The van der Waals surface area contributed by atoms with Gasteiger partial charge in [-0.3, -0.25) is 0 Å². The maximum absolute atomic E-state index is 5.00. The molecular formula is C53H34N4. The van der Waals surface area contributed by atoms with Gasteiger partial charge in [0.05, 0.1) is 11.0 Å². The summed E-state index contributed by atoms with van der Waals surface area (Å²) < 4.78 is 2.38. The Labute approximate surface area is 330 Å². The molecule has 11 aromatic rings. The van der Waals surface area contributed by atoms with Crippen molar-refractivity contribution < 1.29 is 0 Å². The van der Waals surface area contributed by atoms with Crippen molar-refractivity contribution in [2.45, 2.75) is 0 Å². The number of benzene rings is 9. The van der Waals surface area contributed by atoms with Crippen LogP contribution in [-0.2, 0) is 0 Å². The summed E-state index contributed by atoms with van der Waals surface area (Å²) in [4.78, 5) is 14.9. The molecule has 266 valence electrons. The van der Waals surface area contributed by atoms with Crippen molar-refractivity contribution in [1.29, 1.82) is 0 Å². The first-order chi connectivity index (χ1) is 28.3. The lowest BCUT2D eigenvalue weighted by Crippen LogP contribution is -2.00. The van der Waals surface area contributed by atoms with Crippen molar-refractivity contribution in [3.63, 3.8) is 0 Å². The van der Waals surface area contributed by atoms with Crippen LogP contribution in [0.2, 0.25) is 0 Å². The van der Waals surface area contributed by atoms with Crippen molar-refractivity contribution in [3.8, 4) is 62.1 Å². The highest BCUT2D eigenvalue weighted by Crippen LogP contribution is 2.45. The Hall–Kier alpha value is -7.69. The van der Waals surface area contributed by atoms with Gasteiger partial charge in [-0.05, 0) is 68.1 Å².